The zero-order chi connectivity index (χ0) is 43.0. The van der Waals surface area contributed by atoms with E-state index in [1.54, 1.807) is 0 Å². The van der Waals surface area contributed by atoms with Crippen LogP contribution in [0.1, 0.15) is 181 Å². The van der Waals surface area contributed by atoms with E-state index >= 15 is 0 Å². The highest BCUT2D eigenvalue weighted by atomic mass is 16.7. The first-order chi connectivity index (χ1) is 28.8. The number of hydrogen-bond donors (Lipinski definition) is 4. The fourth-order valence-electron chi connectivity index (χ4n) is 6.74. The SMILES string of the molecule is CC/C=C\C/C=C\C/C=C\C/C=C\C/C=C\CCCCCC(=O)OC(COC(=O)CCCCCCCCCCCCCCCCC)COC1OC(CO)C(O)C(O)C1O. The first kappa shape index (κ1) is 54.4. The summed E-state index contributed by atoms with van der Waals surface area (Å²) in [5.41, 5.74) is 0. The zero-order valence-corrected chi connectivity index (χ0v) is 37.0. The van der Waals surface area contributed by atoms with Crippen molar-refractivity contribution in [2.45, 2.75) is 218 Å². The normalized spacial score (nSPS) is 20.5. The van der Waals surface area contributed by atoms with Gasteiger partial charge in [-0.2, -0.15) is 0 Å². The van der Waals surface area contributed by atoms with Gasteiger partial charge in [0.05, 0.1) is 13.2 Å². The number of esters is 2. The maximum Gasteiger partial charge on any atom is 0.306 e. The van der Waals surface area contributed by atoms with Crippen LogP contribution in [0.2, 0.25) is 0 Å². The summed E-state index contributed by atoms with van der Waals surface area (Å²) in [6, 6.07) is 0. The number of ether oxygens (including phenoxy) is 4. The van der Waals surface area contributed by atoms with Gasteiger partial charge in [-0.1, -0.05) is 171 Å². The van der Waals surface area contributed by atoms with Gasteiger partial charge in [0.1, 0.15) is 31.0 Å². The number of aliphatic hydroxyl groups is 4. The summed E-state index contributed by atoms with van der Waals surface area (Å²) in [6.45, 7) is 3.28. The van der Waals surface area contributed by atoms with Crippen LogP contribution >= 0.6 is 0 Å². The van der Waals surface area contributed by atoms with Gasteiger partial charge >= 0.3 is 11.9 Å². The molecule has 0 aliphatic carbocycles. The molecule has 0 saturated carbocycles. The number of allylic oxidation sites excluding steroid dienone is 10. The van der Waals surface area contributed by atoms with Crippen LogP contribution in [0.25, 0.3) is 0 Å². The molecule has 6 unspecified atom stereocenters. The minimum atomic E-state index is -1.60. The molecule has 0 radical (unpaired) electrons. The van der Waals surface area contributed by atoms with Crippen LogP contribution in [0.5, 0.6) is 0 Å². The molecule has 0 aromatic heterocycles. The van der Waals surface area contributed by atoms with Crippen molar-refractivity contribution in [3.8, 4) is 0 Å². The van der Waals surface area contributed by atoms with Crippen molar-refractivity contribution in [2.24, 2.45) is 0 Å². The molecule has 0 aromatic carbocycles. The number of aliphatic hydroxyl groups excluding tert-OH is 4. The van der Waals surface area contributed by atoms with E-state index in [-0.39, 0.29) is 32.0 Å². The Bertz CT molecular complexity index is 1150. The first-order valence-corrected chi connectivity index (χ1v) is 23.4. The first-order valence-electron chi connectivity index (χ1n) is 23.4. The highest BCUT2D eigenvalue weighted by molar-refractivity contribution is 5.70. The molecule has 340 valence electrons. The lowest BCUT2D eigenvalue weighted by Crippen LogP contribution is -2.59. The molecular formula is C49H84O10. The third kappa shape index (κ3) is 31.0. The maximum absolute atomic E-state index is 12.8. The predicted molar refractivity (Wildman–Crippen MR) is 238 cm³/mol. The van der Waals surface area contributed by atoms with E-state index in [9.17, 15) is 30.0 Å². The predicted octanol–water partition coefficient (Wildman–Crippen LogP) is 10.2. The molecule has 59 heavy (non-hydrogen) atoms. The molecule has 1 heterocycles. The van der Waals surface area contributed by atoms with Gasteiger partial charge in [-0.05, 0) is 57.8 Å². The smallest absolute Gasteiger partial charge is 0.306 e. The Morgan fingerprint density at radius 1 is 0.542 bits per heavy atom. The molecule has 6 atom stereocenters. The fraction of sp³-hybridized carbons (Fsp3) is 0.755. The van der Waals surface area contributed by atoms with Crippen LogP contribution in [0.3, 0.4) is 0 Å². The molecule has 10 nitrogen and oxygen atoms in total. The molecule has 1 saturated heterocycles. The van der Waals surface area contributed by atoms with Crippen LogP contribution in [0.4, 0.5) is 0 Å². The summed E-state index contributed by atoms with van der Waals surface area (Å²) in [7, 11) is 0. The van der Waals surface area contributed by atoms with Crippen LogP contribution in [-0.2, 0) is 28.5 Å². The van der Waals surface area contributed by atoms with E-state index in [1.165, 1.54) is 77.0 Å². The molecule has 0 aromatic rings. The summed E-state index contributed by atoms with van der Waals surface area (Å²) in [5.74, 6) is -0.843. The van der Waals surface area contributed by atoms with Gasteiger partial charge in [0.15, 0.2) is 12.4 Å². The number of hydrogen-bond acceptors (Lipinski definition) is 10. The van der Waals surface area contributed by atoms with Gasteiger partial charge in [-0.25, -0.2) is 0 Å². The van der Waals surface area contributed by atoms with E-state index in [2.05, 4.69) is 74.6 Å². The Balaban J connectivity index is 2.35. The summed E-state index contributed by atoms with van der Waals surface area (Å²) in [4.78, 5) is 25.4. The molecule has 1 fully saturated rings. The molecule has 4 N–H and O–H groups in total. The fourth-order valence-corrected chi connectivity index (χ4v) is 6.74. The average molecular weight is 833 g/mol. The maximum atomic E-state index is 12.8. The summed E-state index contributed by atoms with van der Waals surface area (Å²) >= 11 is 0. The molecular weight excluding hydrogens is 749 g/mol. The topological polar surface area (TPSA) is 152 Å². The molecule has 1 aliphatic heterocycles. The van der Waals surface area contributed by atoms with Crippen molar-refractivity contribution in [1.82, 2.24) is 0 Å². The minimum absolute atomic E-state index is 0.190. The van der Waals surface area contributed by atoms with Gasteiger partial charge in [-0.15, -0.1) is 0 Å². The van der Waals surface area contributed by atoms with Crippen LogP contribution in [0.15, 0.2) is 60.8 Å². The van der Waals surface area contributed by atoms with Crippen LogP contribution < -0.4 is 0 Å². The Kier molecular flexibility index (Phi) is 36.5. The number of carbonyl (C=O) groups excluding carboxylic acids is 2. The van der Waals surface area contributed by atoms with Crippen molar-refractivity contribution < 1.29 is 49.0 Å². The van der Waals surface area contributed by atoms with E-state index < -0.39 is 49.4 Å². The molecule has 0 spiro atoms. The molecule has 0 bridgehead atoms. The zero-order valence-electron chi connectivity index (χ0n) is 37.0. The number of carbonyl (C=O) groups is 2. The highest BCUT2D eigenvalue weighted by Gasteiger charge is 2.44. The van der Waals surface area contributed by atoms with Gasteiger partial charge in [0.25, 0.3) is 0 Å². The molecule has 1 rings (SSSR count). The van der Waals surface area contributed by atoms with Crippen molar-refractivity contribution in [2.75, 3.05) is 19.8 Å². The van der Waals surface area contributed by atoms with Crippen molar-refractivity contribution in [1.29, 1.82) is 0 Å². The van der Waals surface area contributed by atoms with Crippen molar-refractivity contribution in [3.63, 3.8) is 0 Å². The van der Waals surface area contributed by atoms with E-state index in [0.717, 1.165) is 70.6 Å². The average Bonchev–Trinajstić information content (AvgIpc) is 3.23. The summed E-state index contributed by atoms with van der Waals surface area (Å²) < 4.78 is 22.2. The van der Waals surface area contributed by atoms with Gasteiger partial charge in [0, 0.05) is 12.8 Å². The van der Waals surface area contributed by atoms with E-state index in [0.29, 0.717) is 6.42 Å². The van der Waals surface area contributed by atoms with Crippen LogP contribution in [0, 0.1) is 0 Å². The monoisotopic (exact) mass is 833 g/mol. The quantitative estimate of drug-likeness (QED) is 0.0269. The standard InChI is InChI=1S/C49H84O10/c1-3-5-7-9-11-13-15-17-19-20-21-22-24-26-28-30-32-34-36-38-45(52)58-42(41-57-49-48(55)47(54)46(53)43(39-50)59-49)40-56-44(51)37-35-33-31-29-27-25-23-18-16-14-12-10-8-6-4-2/h5,7,11,13,17,19,21-22,26,28,42-43,46-50,53-55H,3-4,6,8-10,12,14-16,18,20,23-25,27,29-41H2,1-2H3/b7-5-,13-11-,19-17-,22-21-,28-26-. The van der Waals surface area contributed by atoms with Crippen LogP contribution in [-0.4, -0.2) is 89.0 Å². The summed E-state index contributed by atoms with van der Waals surface area (Å²) in [6.07, 6.45) is 40.8. The van der Waals surface area contributed by atoms with Gasteiger partial charge in [0.2, 0.25) is 0 Å². The van der Waals surface area contributed by atoms with Gasteiger partial charge < -0.3 is 39.4 Å². The molecule has 10 heteroatoms. The number of unbranched alkanes of at least 4 members (excludes halogenated alkanes) is 17. The molecule has 0 amide bonds. The Hall–Kier alpha value is -2.60. The number of rotatable bonds is 38. The van der Waals surface area contributed by atoms with E-state index in [4.69, 9.17) is 18.9 Å². The van der Waals surface area contributed by atoms with Crippen molar-refractivity contribution in [3.05, 3.63) is 60.8 Å². The summed E-state index contributed by atoms with van der Waals surface area (Å²) in [5, 5.41) is 40.1. The lowest BCUT2D eigenvalue weighted by atomic mass is 9.99. The lowest BCUT2D eigenvalue weighted by molar-refractivity contribution is -0.305. The van der Waals surface area contributed by atoms with Crippen molar-refractivity contribution >= 4 is 11.9 Å². The molecule has 1 aliphatic rings. The Labute approximate surface area is 358 Å². The largest absolute Gasteiger partial charge is 0.462 e. The second-order valence-electron chi connectivity index (χ2n) is 15.8. The third-order valence-corrected chi connectivity index (χ3v) is 10.4. The third-order valence-electron chi connectivity index (χ3n) is 10.4. The second kappa shape index (κ2) is 39.5. The second-order valence-corrected chi connectivity index (χ2v) is 15.8. The lowest BCUT2D eigenvalue weighted by Gasteiger charge is -2.39. The van der Waals surface area contributed by atoms with Gasteiger partial charge in [-0.3, -0.25) is 9.59 Å². The Morgan fingerprint density at radius 2 is 1.00 bits per heavy atom. The van der Waals surface area contributed by atoms with E-state index in [1.807, 2.05) is 0 Å². The Morgan fingerprint density at radius 3 is 1.51 bits per heavy atom. The highest BCUT2D eigenvalue weighted by Crippen LogP contribution is 2.22. The minimum Gasteiger partial charge on any atom is -0.462 e.